The summed E-state index contributed by atoms with van der Waals surface area (Å²) in [7, 11) is 6.66. The summed E-state index contributed by atoms with van der Waals surface area (Å²) in [5, 5.41) is 48.0. The third-order valence-corrected chi connectivity index (χ3v) is 7.84. The van der Waals surface area contributed by atoms with Crippen LogP contribution < -0.4 is 16.0 Å². The van der Waals surface area contributed by atoms with E-state index in [0.29, 0.717) is 16.8 Å². The first-order valence-corrected chi connectivity index (χ1v) is 12.2. The number of phenolic OH excluding ortho intramolecular Hbond substituents is 1. The van der Waals surface area contributed by atoms with E-state index in [1.165, 1.54) is 4.90 Å². The maximum atomic E-state index is 13.9. The second-order valence-corrected chi connectivity index (χ2v) is 10.5. The number of aromatic hydroxyl groups is 1. The zero-order valence-electron chi connectivity index (χ0n) is 21.7. The number of likely N-dealkylation sites (N-methyl/N-ethyl adjacent to an activating group) is 1. The highest BCUT2D eigenvalue weighted by atomic mass is 19.1. The van der Waals surface area contributed by atoms with Crippen molar-refractivity contribution in [2.75, 3.05) is 46.3 Å². The fraction of sp³-hybridized carbons (Fsp3) is 0.500. The summed E-state index contributed by atoms with van der Waals surface area (Å²) in [5.41, 5.74) is 3.17. The van der Waals surface area contributed by atoms with Gasteiger partial charge in [0.05, 0.1) is 11.6 Å². The van der Waals surface area contributed by atoms with Crippen LogP contribution in [0.4, 0.5) is 10.1 Å². The van der Waals surface area contributed by atoms with Gasteiger partial charge < -0.3 is 36.4 Å². The molecule has 1 aromatic carbocycles. The average Bonchev–Trinajstić information content (AvgIpc) is 2.82. The van der Waals surface area contributed by atoms with Gasteiger partial charge in [-0.2, -0.15) is 0 Å². The van der Waals surface area contributed by atoms with Crippen LogP contribution in [-0.2, 0) is 27.3 Å². The molecule has 12 heteroatoms. The molecule has 11 nitrogen and oxygen atoms in total. The number of anilines is 1. The molecule has 3 aliphatic carbocycles. The number of benzene rings is 1. The molecule has 1 aromatic rings. The molecule has 0 spiro atoms. The molecule has 4 atom stereocenters. The summed E-state index contributed by atoms with van der Waals surface area (Å²) in [4.78, 5) is 42.4. The third kappa shape index (κ3) is 3.86. The van der Waals surface area contributed by atoms with Gasteiger partial charge in [0.25, 0.3) is 5.91 Å². The van der Waals surface area contributed by atoms with Crippen molar-refractivity contribution in [1.82, 2.24) is 10.2 Å². The molecule has 4 rings (SSSR count). The number of nitrogens with one attached hydrogen (secondary N) is 1. The molecule has 3 aliphatic rings. The fourth-order valence-corrected chi connectivity index (χ4v) is 6.17. The van der Waals surface area contributed by atoms with E-state index in [4.69, 9.17) is 5.73 Å². The standard InChI is InChI=1S/C26H33FN4O7/c1-30(2)15-9-12(10-29-6-5-27)20(32)17-13(15)7-11-8-14-19(31(3)4)22(34)18(25(28)37)24(36)26(14,38)23(35)16(11)21(17)33/h9,11,14,19,29,32-33,36,38H,5-8,10H2,1-4H3,(H2,28,37)/t11-,14-,19-,26-/m0/s1. The number of aliphatic hydroxyl groups excluding tert-OH is 2. The van der Waals surface area contributed by atoms with Crippen molar-refractivity contribution < 1.29 is 39.2 Å². The number of carbonyl (C=O) groups is 3. The summed E-state index contributed by atoms with van der Waals surface area (Å²) in [5.74, 6) is -6.94. The molecule has 206 valence electrons. The van der Waals surface area contributed by atoms with Crippen LogP contribution in [0.15, 0.2) is 23.0 Å². The molecule has 7 N–H and O–H groups in total. The first kappa shape index (κ1) is 27.6. The van der Waals surface area contributed by atoms with Crippen molar-refractivity contribution in [3.05, 3.63) is 39.7 Å². The normalized spacial score (nSPS) is 26.9. The lowest BCUT2D eigenvalue weighted by molar-refractivity contribution is -0.153. The number of carbonyl (C=O) groups excluding carboxylic acids is 3. The molecule has 0 heterocycles. The number of hydrogen-bond acceptors (Lipinski definition) is 10. The minimum atomic E-state index is -2.69. The second kappa shape index (κ2) is 9.68. The Balaban J connectivity index is 1.95. The Bertz CT molecular complexity index is 1290. The predicted molar refractivity (Wildman–Crippen MR) is 136 cm³/mol. The van der Waals surface area contributed by atoms with Crippen molar-refractivity contribution in [1.29, 1.82) is 0 Å². The first-order chi connectivity index (χ1) is 17.8. The summed E-state index contributed by atoms with van der Waals surface area (Å²) in [6.45, 7) is -0.471. The van der Waals surface area contributed by atoms with Crippen LogP contribution in [-0.4, -0.2) is 95.9 Å². The number of aliphatic hydroxyl groups is 3. The number of hydrogen-bond donors (Lipinski definition) is 6. The highest BCUT2D eigenvalue weighted by molar-refractivity contribution is 6.24. The van der Waals surface area contributed by atoms with E-state index >= 15 is 0 Å². The molecule has 0 unspecified atom stereocenters. The number of rotatable bonds is 7. The Morgan fingerprint density at radius 2 is 1.87 bits per heavy atom. The maximum absolute atomic E-state index is 13.9. The number of fused-ring (bicyclic) bond motifs is 3. The lowest BCUT2D eigenvalue weighted by atomic mass is 9.57. The van der Waals surface area contributed by atoms with Crippen molar-refractivity contribution >= 4 is 28.9 Å². The number of nitrogens with two attached hydrogens (primary N) is 1. The van der Waals surface area contributed by atoms with Crippen molar-refractivity contribution in [3.63, 3.8) is 0 Å². The second-order valence-electron chi connectivity index (χ2n) is 10.5. The lowest BCUT2D eigenvalue weighted by Crippen LogP contribution is -2.65. The smallest absolute Gasteiger partial charge is 0.255 e. The molecule has 0 aromatic heterocycles. The topological polar surface area (TPSA) is 177 Å². The maximum Gasteiger partial charge on any atom is 0.255 e. The van der Waals surface area contributed by atoms with Gasteiger partial charge in [0.2, 0.25) is 5.78 Å². The third-order valence-electron chi connectivity index (χ3n) is 7.84. The molecule has 0 saturated heterocycles. The highest BCUT2D eigenvalue weighted by Crippen LogP contribution is 2.54. The van der Waals surface area contributed by atoms with Crippen LogP contribution in [0.3, 0.4) is 0 Å². The number of ketones is 2. The molecule has 0 radical (unpaired) electrons. The SMILES string of the molecule is CN(C)c1cc(CNCCF)c(O)c2c1C[C@H]1C[C@H]3[C@H](N(C)C)C(=O)C(C(N)=O)=C(O)[C@@]3(O)C(=O)C1=C2O. The van der Waals surface area contributed by atoms with Crippen LogP contribution in [0.1, 0.15) is 23.1 Å². The van der Waals surface area contributed by atoms with Gasteiger partial charge in [0.1, 0.15) is 29.5 Å². The van der Waals surface area contributed by atoms with E-state index < -0.39 is 64.7 Å². The Kier molecular flexibility index (Phi) is 7.02. The Morgan fingerprint density at radius 1 is 1.21 bits per heavy atom. The van der Waals surface area contributed by atoms with Crippen LogP contribution in [0.25, 0.3) is 5.76 Å². The molecule has 0 bridgehead atoms. The van der Waals surface area contributed by atoms with E-state index in [9.17, 15) is 39.2 Å². The van der Waals surface area contributed by atoms with Gasteiger partial charge in [-0.05, 0) is 44.5 Å². The quantitative estimate of drug-likeness (QED) is 0.208. The molecular formula is C26H33FN4O7. The largest absolute Gasteiger partial charge is 0.508 e. The van der Waals surface area contributed by atoms with Crippen LogP contribution in [0, 0.1) is 11.8 Å². The zero-order chi connectivity index (χ0) is 28.3. The number of halogens is 1. The Morgan fingerprint density at radius 3 is 2.42 bits per heavy atom. The lowest BCUT2D eigenvalue weighted by Gasteiger charge is -2.50. The minimum absolute atomic E-state index is 0.00420. The van der Waals surface area contributed by atoms with Gasteiger partial charge in [-0.1, -0.05) is 0 Å². The number of alkyl halides is 1. The monoisotopic (exact) mass is 532 g/mol. The fourth-order valence-electron chi connectivity index (χ4n) is 6.17. The van der Waals surface area contributed by atoms with E-state index in [1.54, 1.807) is 39.2 Å². The minimum Gasteiger partial charge on any atom is -0.508 e. The van der Waals surface area contributed by atoms with Gasteiger partial charge in [-0.25, -0.2) is 4.39 Å². The molecular weight excluding hydrogens is 499 g/mol. The van der Waals surface area contributed by atoms with Crippen LogP contribution in [0.2, 0.25) is 0 Å². The van der Waals surface area contributed by atoms with Gasteiger partial charge in [0.15, 0.2) is 11.4 Å². The van der Waals surface area contributed by atoms with Gasteiger partial charge >= 0.3 is 0 Å². The van der Waals surface area contributed by atoms with Crippen LogP contribution in [0.5, 0.6) is 5.75 Å². The molecule has 1 amide bonds. The van der Waals surface area contributed by atoms with Gasteiger partial charge in [-0.15, -0.1) is 0 Å². The zero-order valence-corrected chi connectivity index (χ0v) is 21.7. The first-order valence-electron chi connectivity index (χ1n) is 12.2. The van der Waals surface area contributed by atoms with Gasteiger partial charge in [-0.3, -0.25) is 19.3 Å². The average molecular weight is 533 g/mol. The predicted octanol–water partition coefficient (Wildman–Crippen LogP) is 0.0891. The number of amides is 1. The summed E-state index contributed by atoms with van der Waals surface area (Å²) < 4.78 is 12.6. The molecule has 1 fully saturated rings. The number of primary amides is 1. The van der Waals surface area contributed by atoms with E-state index in [1.807, 2.05) is 0 Å². The van der Waals surface area contributed by atoms with Gasteiger partial charge in [0, 0.05) is 49.9 Å². The van der Waals surface area contributed by atoms with Crippen molar-refractivity contribution in [2.45, 2.75) is 31.0 Å². The van der Waals surface area contributed by atoms with Crippen molar-refractivity contribution in [3.8, 4) is 5.75 Å². The summed E-state index contributed by atoms with van der Waals surface area (Å²) >= 11 is 0. The molecule has 0 aliphatic heterocycles. The van der Waals surface area contributed by atoms with Crippen LogP contribution >= 0.6 is 0 Å². The van der Waals surface area contributed by atoms with E-state index in [-0.39, 0.29) is 42.8 Å². The highest BCUT2D eigenvalue weighted by Gasteiger charge is 2.64. The van der Waals surface area contributed by atoms with E-state index in [0.717, 1.165) is 0 Å². The number of Topliss-reactive ketones (excluding diaryl/α,β-unsaturated/α-hetero) is 2. The number of nitrogens with zero attached hydrogens (tertiary/aromatic N) is 2. The molecule has 1 saturated carbocycles. The van der Waals surface area contributed by atoms with E-state index in [2.05, 4.69) is 5.32 Å². The summed E-state index contributed by atoms with van der Waals surface area (Å²) in [6, 6.07) is 0.581. The molecule has 38 heavy (non-hydrogen) atoms. The summed E-state index contributed by atoms with van der Waals surface area (Å²) in [6.07, 6.45) is 0.201. The Hall–Kier alpha value is -3.48. The number of phenols is 1. The van der Waals surface area contributed by atoms with Crippen molar-refractivity contribution in [2.24, 2.45) is 17.6 Å². The Labute approximate surface area is 219 Å².